The Labute approximate surface area is 138 Å². The van der Waals surface area contributed by atoms with E-state index in [4.69, 9.17) is 32.8 Å². The fraction of sp³-hybridized carbons (Fsp3) is 0.333. The fourth-order valence-corrected chi connectivity index (χ4v) is 2.67. The standard InChI is InChI=1S/C15H16Cl2N2O3/c1-8(6-7-20)18-15(21)12-9(2)22-19-14(12)13-10(16)4-3-5-11(13)17/h3-5,8,20H,6-7H2,1-2H3,(H,18,21). The molecule has 2 rings (SSSR count). The molecule has 22 heavy (non-hydrogen) atoms. The van der Waals surface area contributed by atoms with E-state index in [0.29, 0.717) is 39.0 Å². The van der Waals surface area contributed by atoms with Crippen molar-refractivity contribution in [2.24, 2.45) is 0 Å². The molecule has 2 N–H and O–H groups in total. The van der Waals surface area contributed by atoms with Gasteiger partial charge in [-0.1, -0.05) is 34.4 Å². The predicted molar refractivity (Wildman–Crippen MR) is 85.3 cm³/mol. The molecule has 0 aliphatic heterocycles. The van der Waals surface area contributed by atoms with Crippen molar-refractivity contribution in [3.05, 3.63) is 39.6 Å². The average molecular weight is 343 g/mol. The number of halogens is 2. The summed E-state index contributed by atoms with van der Waals surface area (Å²) in [6, 6.07) is 4.87. The number of benzene rings is 1. The fourth-order valence-electron chi connectivity index (χ4n) is 2.10. The minimum atomic E-state index is -0.342. The smallest absolute Gasteiger partial charge is 0.257 e. The first-order chi connectivity index (χ1) is 10.5. The van der Waals surface area contributed by atoms with Crippen molar-refractivity contribution in [2.75, 3.05) is 6.61 Å². The Hall–Kier alpha value is -1.56. The molecule has 0 aliphatic rings. The van der Waals surface area contributed by atoms with Gasteiger partial charge in [-0.2, -0.15) is 0 Å². The minimum Gasteiger partial charge on any atom is -0.396 e. The van der Waals surface area contributed by atoms with Gasteiger partial charge in [-0.3, -0.25) is 4.79 Å². The molecule has 0 aliphatic carbocycles. The second kappa shape index (κ2) is 7.13. The molecule has 0 fully saturated rings. The van der Waals surface area contributed by atoms with Crippen molar-refractivity contribution in [1.82, 2.24) is 10.5 Å². The van der Waals surface area contributed by atoms with Crippen molar-refractivity contribution in [3.63, 3.8) is 0 Å². The molecular weight excluding hydrogens is 327 g/mol. The van der Waals surface area contributed by atoms with Crippen LogP contribution in [0.25, 0.3) is 11.3 Å². The Balaban J connectivity index is 2.42. The monoisotopic (exact) mass is 342 g/mol. The molecule has 1 unspecified atom stereocenters. The number of aryl methyl sites for hydroxylation is 1. The summed E-state index contributed by atoms with van der Waals surface area (Å²) in [6.45, 7) is 3.44. The first-order valence-electron chi connectivity index (χ1n) is 6.78. The third kappa shape index (κ3) is 3.43. The van der Waals surface area contributed by atoms with Crippen molar-refractivity contribution >= 4 is 29.1 Å². The number of carbonyl (C=O) groups excluding carboxylic acids is 1. The van der Waals surface area contributed by atoms with Crippen LogP contribution in [0.1, 0.15) is 29.5 Å². The molecule has 1 aromatic carbocycles. The van der Waals surface area contributed by atoms with Crippen LogP contribution in [-0.4, -0.2) is 28.8 Å². The third-order valence-electron chi connectivity index (χ3n) is 3.23. The zero-order valence-electron chi connectivity index (χ0n) is 12.2. The van der Waals surface area contributed by atoms with Gasteiger partial charge in [0.25, 0.3) is 5.91 Å². The zero-order chi connectivity index (χ0) is 16.3. The first-order valence-corrected chi connectivity index (χ1v) is 7.53. The molecule has 1 amide bonds. The van der Waals surface area contributed by atoms with E-state index in [1.54, 1.807) is 32.0 Å². The summed E-state index contributed by atoms with van der Waals surface area (Å²) < 4.78 is 5.15. The Kier molecular flexibility index (Phi) is 5.45. The Morgan fingerprint density at radius 2 is 2.05 bits per heavy atom. The first kappa shape index (κ1) is 16.8. The third-order valence-corrected chi connectivity index (χ3v) is 3.86. The van der Waals surface area contributed by atoms with Crippen LogP contribution >= 0.6 is 23.2 Å². The molecule has 0 radical (unpaired) electrons. The number of aliphatic hydroxyl groups is 1. The molecule has 1 aromatic heterocycles. The number of hydrogen-bond acceptors (Lipinski definition) is 4. The highest BCUT2D eigenvalue weighted by atomic mass is 35.5. The van der Waals surface area contributed by atoms with Gasteiger partial charge in [-0.25, -0.2) is 0 Å². The molecule has 7 heteroatoms. The van der Waals surface area contributed by atoms with Crippen LogP contribution in [0.3, 0.4) is 0 Å². The van der Waals surface area contributed by atoms with Crippen LogP contribution in [-0.2, 0) is 0 Å². The van der Waals surface area contributed by atoms with Crippen molar-refractivity contribution in [1.29, 1.82) is 0 Å². The lowest BCUT2D eigenvalue weighted by Gasteiger charge is -2.13. The summed E-state index contributed by atoms with van der Waals surface area (Å²) in [4.78, 5) is 12.4. The molecule has 0 bridgehead atoms. The summed E-state index contributed by atoms with van der Waals surface area (Å²) >= 11 is 12.3. The van der Waals surface area contributed by atoms with E-state index in [2.05, 4.69) is 10.5 Å². The van der Waals surface area contributed by atoms with E-state index in [1.165, 1.54) is 0 Å². The maximum absolute atomic E-state index is 12.4. The summed E-state index contributed by atoms with van der Waals surface area (Å²) in [5.41, 5.74) is 1.06. The minimum absolute atomic E-state index is 0.00668. The maximum atomic E-state index is 12.4. The number of aromatic nitrogens is 1. The molecule has 1 atom stereocenters. The average Bonchev–Trinajstić information content (AvgIpc) is 2.80. The molecular formula is C15H16Cl2N2O3. The molecule has 2 aromatic rings. The SMILES string of the molecule is Cc1onc(-c2c(Cl)cccc2Cl)c1C(=O)NC(C)CCO. The van der Waals surface area contributed by atoms with Gasteiger partial charge in [0.05, 0.1) is 10.0 Å². The van der Waals surface area contributed by atoms with Crippen LogP contribution in [0.15, 0.2) is 22.7 Å². The van der Waals surface area contributed by atoms with Gasteiger partial charge in [0.15, 0.2) is 0 Å². The number of hydrogen-bond donors (Lipinski definition) is 2. The predicted octanol–water partition coefficient (Wildman–Crippen LogP) is 3.46. The van der Waals surface area contributed by atoms with Crippen molar-refractivity contribution in [2.45, 2.75) is 26.3 Å². The normalized spacial score (nSPS) is 12.2. The zero-order valence-corrected chi connectivity index (χ0v) is 13.7. The highest BCUT2D eigenvalue weighted by Crippen LogP contribution is 2.36. The van der Waals surface area contributed by atoms with Gasteiger partial charge in [-0.05, 0) is 32.4 Å². The van der Waals surface area contributed by atoms with E-state index < -0.39 is 0 Å². The highest BCUT2D eigenvalue weighted by molar-refractivity contribution is 6.39. The highest BCUT2D eigenvalue weighted by Gasteiger charge is 2.25. The number of amides is 1. The second-order valence-corrected chi connectivity index (χ2v) is 5.76. The Morgan fingerprint density at radius 1 is 1.41 bits per heavy atom. The largest absolute Gasteiger partial charge is 0.396 e. The number of rotatable bonds is 5. The number of carbonyl (C=O) groups is 1. The molecule has 0 saturated heterocycles. The van der Waals surface area contributed by atoms with E-state index >= 15 is 0 Å². The van der Waals surface area contributed by atoms with Gasteiger partial charge in [0.2, 0.25) is 0 Å². The molecule has 0 saturated carbocycles. The van der Waals surface area contributed by atoms with E-state index in [9.17, 15) is 4.79 Å². The van der Waals surface area contributed by atoms with Gasteiger partial charge in [0, 0.05) is 18.2 Å². The van der Waals surface area contributed by atoms with Crippen LogP contribution in [0.2, 0.25) is 10.0 Å². The van der Waals surface area contributed by atoms with Gasteiger partial charge >= 0.3 is 0 Å². The Morgan fingerprint density at radius 3 is 2.64 bits per heavy atom. The summed E-state index contributed by atoms with van der Waals surface area (Å²) in [5, 5.41) is 16.4. The van der Waals surface area contributed by atoms with E-state index in [0.717, 1.165) is 0 Å². The van der Waals surface area contributed by atoms with Crippen molar-refractivity contribution < 1.29 is 14.4 Å². The van der Waals surface area contributed by atoms with E-state index in [-0.39, 0.29) is 18.6 Å². The molecule has 118 valence electrons. The van der Waals surface area contributed by atoms with Crippen LogP contribution in [0.4, 0.5) is 0 Å². The lowest BCUT2D eigenvalue weighted by atomic mass is 10.0. The van der Waals surface area contributed by atoms with Gasteiger partial charge in [0.1, 0.15) is 17.0 Å². The number of nitrogens with zero attached hydrogens (tertiary/aromatic N) is 1. The lowest BCUT2D eigenvalue weighted by molar-refractivity contribution is 0.0933. The quantitative estimate of drug-likeness (QED) is 0.872. The van der Waals surface area contributed by atoms with E-state index in [1.807, 2.05) is 0 Å². The van der Waals surface area contributed by atoms with Gasteiger partial charge in [-0.15, -0.1) is 0 Å². The van der Waals surface area contributed by atoms with Crippen LogP contribution < -0.4 is 5.32 Å². The van der Waals surface area contributed by atoms with Crippen LogP contribution in [0.5, 0.6) is 0 Å². The van der Waals surface area contributed by atoms with Crippen molar-refractivity contribution in [3.8, 4) is 11.3 Å². The topological polar surface area (TPSA) is 75.4 Å². The summed E-state index contributed by atoms with van der Waals surface area (Å²) in [7, 11) is 0. The summed E-state index contributed by atoms with van der Waals surface area (Å²) in [6.07, 6.45) is 0.457. The lowest BCUT2D eigenvalue weighted by Crippen LogP contribution is -2.33. The summed E-state index contributed by atoms with van der Waals surface area (Å²) in [5.74, 6) is 0.0328. The molecule has 5 nitrogen and oxygen atoms in total. The Bertz CT molecular complexity index is 665. The number of nitrogens with one attached hydrogen (secondary N) is 1. The van der Waals surface area contributed by atoms with Crippen LogP contribution in [0, 0.1) is 6.92 Å². The maximum Gasteiger partial charge on any atom is 0.257 e. The molecule has 0 spiro atoms. The second-order valence-electron chi connectivity index (χ2n) is 4.95. The van der Waals surface area contributed by atoms with Gasteiger partial charge < -0.3 is 14.9 Å². The molecule has 1 heterocycles. The number of aliphatic hydroxyl groups excluding tert-OH is 1.